The number of benzene rings is 1. The molecule has 2 N–H and O–H groups in total. The summed E-state index contributed by atoms with van der Waals surface area (Å²) >= 11 is 0. The minimum Gasteiger partial charge on any atom is -0.393 e. The van der Waals surface area contributed by atoms with Gasteiger partial charge in [-0.1, -0.05) is 19.1 Å². The summed E-state index contributed by atoms with van der Waals surface area (Å²) < 4.78 is 0. The molecule has 1 aliphatic rings. The van der Waals surface area contributed by atoms with Crippen LogP contribution in [0.25, 0.3) is 0 Å². The molecule has 0 amide bonds. The average molecular weight is 262 g/mol. The van der Waals surface area contributed by atoms with Crippen LogP contribution in [0.1, 0.15) is 38.2 Å². The Labute approximate surface area is 116 Å². The van der Waals surface area contributed by atoms with E-state index in [1.807, 2.05) is 6.92 Å². The molecule has 106 valence electrons. The Morgan fingerprint density at radius 1 is 1.21 bits per heavy atom. The van der Waals surface area contributed by atoms with Crippen molar-refractivity contribution in [3.05, 3.63) is 29.8 Å². The molecule has 1 unspecified atom stereocenters. The normalized spacial score (nSPS) is 16.8. The maximum Gasteiger partial charge on any atom is 0.0549 e. The number of hydrogen-bond acceptors (Lipinski definition) is 3. The lowest BCUT2D eigenvalue weighted by Crippen LogP contribution is -2.20. The zero-order chi connectivity index (χ0) is 13.5. The summed E-state index contributed by atoms with van der Waals surface area (Å²) in [6.07, 6.45) is 4.16. The van der Waals surface area contributed by atoms with Gasteiger partial charge in [-0.05, 0) is 49.9 Å². The zero-order valence-corrected chi connectivity index (χ0v) is 11.9. The van der Waals surface area contributed by atoms with E-state index < -0.39 is 0 Å². The van der Waals surface area contributed by atoms with Gasteiger partial charge in [-0.3, -0.25) is 0 Å². The van der Waals surface area contributed by atoms with Gasteiger partial charge in [0.05, 0.1) is 6.10 Å². The van der Waals surface area contributed by atoms with E-state index in [1.165, 1.54) is 37.2 Å². The molecular formula is C16H26N2O. The van der Waals surface area contributed by atoms with Gasteiger partial charge in [-0.25, -0.2) is 0 Å². The highest BCUT2D eigenvalue weighted by Crippen LogP contribution is 2.20. The lowest BCUT2D eigenvalue weighted by molar-refractivity contribution is 0.159. The van der Waals surface area contributed by atoms with Crippen LogP contribution < -0.4 is 10.2 Å². The maximum atomic E-state index is 9.47. The quantitative estimate of drug-likeness (QED) is 0.741. The lowest BCUT2D eigenvalue weighted by Gasteiger charge is -2.17. The standard InChI is InChI=1S/C16H26N2O/c1-2-16(19)9-10-17-13-14-5-7-15(8-6-14)18-11-3-4-12-18/h5-8,16-17,19H,2-4,9-13H2,1H3. The molecule has 1 aromatic carbocycles. The van der Waals surface area contributed by atoms with Gasteiger partial charge < -0.3 is 15.3 Å². The van der Waals surface area contributed by atoms with Crippen molar-refractivity contribution >= 4 is 5.69 Å². The Hall–Kier alpha value is -1.06. The number of nitrogens with one attached hydrogen (secondary N) is 1. The van der Waals surface area contributed by atoms with Crippen LogP contribution in [0.5, 0.6) is 0 Å². The van der Waals surface area contributed by atoms with Gasteiger partial charge in [0.2, 0.25) is 0 Å². The monoisotopic (exact) mass is 262 g/mol. The van der Waals surface area contributed by atoms with Gasteiger partial charge >= 0.3 is 0 Å². The summed E-state index contributed by atoms with van der Waals surface area (Å²) in [5.74, 6) is 0. The molecule has 1 atom stereocenters. The van der Waals surface area contributed by atoms with E-state index in [1.54, 1.807) is 0 Å². The summed E-state index contributed by atoms with van der Waals surface area (Å²) in [5.41, 5.74) is 2.66. The van der Waals surface area contributed by atoms with Crippen molar-refractivity contribution < 1.29 is 5.11 Å². The number of anilines is 1. The van der Waals surface area contributed by atoms with E-state index in [2.05, 4.69) is 34.5 Å². The lowest BCUT2D eigenvalue weighted by atomic mass is 10.2. The first-order valence-electron chi connectivity index (χ1n) is 7.52. The predicted octanol–water partition coefficient (Wildman–Crippen LogP) is 2.54. The molecule has 3 nitrogen and oxygen atoms in total. The molecular weight excluding hydrogens is 236 g/mol. The Morgan fingerprint density at radius 3 is 2.53 bits per heavy atom. The van der Waals surface area contributed by atoms with Crippen LogP contribution in [-0.4, -0.2) is 30.8 Å². The molecule has 1 heterocycles. The van der Waals surface area contributed by atoms with Crippen LogP contribution in [0, 0.1) is 0 Å². The Balaban J connectivity index is 1.72. The fourth-order valence-corrected chi connectivity index (χ4v) is 2.51. The molecule has 1 aromatic rings. The fourth-order valence-electron chi connectivity index (χ4n) is 2.51. The third-order valence-electron chi connectivity index (χ3n) is 3.86. The summed E-state index contributed by atoms with van der Waals surface area (Å²) in [6, 6.07) is 8.86. The predicted molar refractivity (Wildman–Crippen MR) is 80.5 cm³/mol. The summed E-state index contributed by atoms with van der Waals surface area (Å²) in [7, 11) is 0. The van der Waals surface area contributed by atoms with Crippen molar-refractivity contribution in [2.75, 3.05) is 24.5 Å². The number of nitrogens with zero attached hydrogens (tertiary/aromatic N) is 1. The highest BCUT2D eigenvalue weighted by molar-refractivity contribution is 5.48. The van der Waals surface area contributed by atoms with Gasteiger partial charge in [0.25, 0.3) is 0 Å². The van der Waals surface area contributed by atoms with Crippen molar-refractivity contribution in [1.82, 2.24) is 5.32 Å². The molecule has 3 heteroatoms. The first kappa shape index (κ1) is 14.4. The smallest absolute Gasteiger partial charge is 0.0549 e. The molecule has 2 rings (SSSR count). The molecule has 0 spiro atoms. The second-order valence-corrected chi connectivity index (χ2v) is 5.39. The molecule has 1 fully saturated rings. The van der Waals surface area contributed by atoms with Crippen molar-refractivity contribution in [3.8, 4) is 0 Å². The first-order valence-corrected chi connectivity index (χ1v) is 7.52. The second-order valence-electron chi connectivity index (χ2n) is 5.39. The van der Waals surface area contributed by atoms with Crippen molar-refractivity contribution in [1.29, 1.82) is 0 Å². The highest BCUT2D eigenvalue weighted by atomic mass is 16.3. The minimum absolute atomic E-state index is 0.162. The molecule has 1 aliphatic heterocycles. The number of hydrogen-bond donors (Lipinski definition) is 2. The molecule has 0 aromatic heterocycles. The average Bonchev–Trinajstić information content (AvgIpc) is 2.98. The highest BCUT2D eigenvalue weighted by Gasteiger charge is 2.11. The van der Waals surface area contributed by atoms with Gasteiger partial charge in [0.15, 0.2) is 0 Å². The molecule has 0 bridgehead atoms. The van der Waals surface area contributed by atoms with Crippen LogP contribution in [0.15, 0.2) is 24.3 Å². The second kappa shape index (κ2) is 7.51. The molecule has 0 radical (unpaired) electrons. The Morgan fingerprint density at radius 2 is 1.89 bits per heavy atom. The zero-order valence-electron chi connectivity index (χ0n) is 11.9. The van der Waals surface area contributed by atoms with Crippen LogP contribution in [-0.2, 0) is 6.54 Å². The summed E-state index contributed by atoms with van der Waals surface area (Å²) in [4.78, 5) is 2.45. The SMILES string of the molecule is CCC(O)CCNCc1ccc(N2CCCC2)cc1. The van der Waals surface area contributed by atoms with E-state index in [0.29, 0.717) is 0 Å². The summed E-state index contributed by atoms with van der Waals surface area (Å²) in [5, 5.41) is 12.8. The molecule has 1 saturated heterocycles. The van der Waals surface area contributed by atoms with E-state index in [-0.39, 0.29) is 6.10 Å². The van der Waals surface area contributed by atoms with E-state index in [0.717, 1.165) is 25.9 Å². The number of aliphatic hydroxyl groups excluding tert-OH is 1. The van der Waals surface area contributed by atoms with Gasteiger partial charge in [-0.2, -0.15) is 0 Å². The third kappa shape index (κ3) is 4.51. The van der Waals surface area contributed by atoms with Crippen molar-refractivity contribution in [2.24, 2.45) is 0 Å². The Kier molecular flexibility index (Phi) is 5.67. The Bertz CT molecular complexity index is 358. The molecule has 0 aliphatic carbocycles. The minimum atomic E-state index is -0.162. The topological polar surface area (TPSA) is 35.5 Å². The molecule has 0 saturated carbocycles. The van der Waals surface area contributed by atoms with Crippen LogP contribution in [0.4, 0.5) is 5.69 Å². The largest absolute Gasteiger partial charge is 0.393 e. The van der Waals surface area contributed by atoms with Crippen molar-refractivity contribution in [2.45, 2.75) is 45.3 Å². The number of aliphatic hydroxyl groups is 1. The third-order valence-corrected chi connectivity index (χ3v) is 3.86. The number of rotatable bonds is 7. The van der Waals surface area contributed by atoms with Gasteiger partial charge in [-0.15, -0.1) is 0 Å². The van der Waals surface area contributed by atoms with E-state index >= 15 is 0 Å². The van der Waals surface area contributed by atoms with E-state index in [9.17, 15) is 5.11 Å². The van der Waals surface area contributed by atoms with Crippen LogP contribution in [0.3, 0.4) is 0 Å². The fraction of sp³-hybridized carbons (Fsp3) is 0.625. The molecule has 19 heavy (non-hydrogen) atoms. The van der Waals surface area contributed by atoms with Crippen LogP contribution in [0.2, 0.25) is 0 Å². The van der Waals surface area contributed by atoms with Gasteiger partial charge in [0, 0.05) is 25.3 Å². The van der Waals surface area contributed by atoms with Crippen molar-refractivity contribution in [3.63, 3.8) is 0 Å². The first-order chi connectivity index (χ1) is 9.29. The summed E-state index contributed by atoms with van der Waals surface area (Å²) in [6.45, 7) is 6.18. The maximum absolute atomic E-state index is 9.47. The van der Waals surface area contributed by atoms with E-state index in [4.69, 9.17) is 0 Å². The van der Waals surface area contributed by atoms with Crippen LogP contribution >= 0.6 is 0 Å². The van der Waals surface area contributed by atoms with Gasteiger partial charge in [0.1, 0.15) is 0 Å².